The van der Waals surface area contributed by atoms with Gasteiger partial charge in [-0.3, -0.25) is 4.79 Å². The van der Waals surface area contributed by atoms with Gasteiger partial charge in [-0.05, 0) is 18.6 Å². The van der Waals surface area contributed by atoms with E-state index >= 15 is 0 Å². The average molecular weight is 287 g/mol. The summed E-state index contributed by atoms with van der Waals surface area (Å²) >= 11 is 11.7. The average Bonchev–Trinajstić information content (AvgIpc) is 2.38. The number of rotatable bonds is 4. The maximum Gasteiger partial charge on any atom is 0.338 e. The molecule has 1 fully saturated rings. The monoisotopic (exact) mass is 286 g/mol. The quantitative estimate of drug-likeness (QED) is 0.631. The van der Waals surface area contributed by atoms with E-state index in [0.29, 0.717) is 18.4 Å². The maximum atomic E-state index is 11.6. The predicted octanol–water partition coefficient (Wildman–Crippen LogP) is 3.00. The van der Waals surface area contributed by atoms with E-state index in [4.69, 9.17) is 27.9 Å². The Morgan fingerprint density at radius 2 is 2.00 bits per heavy atom. The van der Waals surface area contributed by atoms with Crippen LogP contribution in [0.25, 0.3) is 0 Å². The number of hydrogen-bond acceptors (Lipinski definition) is 3. The van der Waals surface area contributed by atoms with Crippen LogP contribution in [0.5, 0.6) is 0 Å². The fourth-order valence-electron chi connectivity index (χ4n) is 1.82. The molecule has 0 bridgehead atoms. The molecule has 0 unspecified atom stereocenters. The summed E-state index contributed by atoms with van der Waals surface area (Å²) in [5.74, 6) is -0.668. The highest BCUT2D eigenvalue weighted by molar-refractivity contribution is 6.60. The molecule has 1 aliphatic rings. The number of alkyl halides is 2. The van der Waals surface area contributed by atoms with E-state index in [1.807, 2.05) is 6.07 Å². The van der Waals surface area contributed by atoms with Crippen molar-refractivity contribution >= 4 is 35.0 Å². The molecule has 0 aliphatic heterocycles. The van der Waals surface area contributed by atoms with Gasteiger partial charge in [0.05, 0.1) is 12.2 Å². The zero-order chi connectivity index (χ0) is 13.2. The van der Waals surface area contributed by atoms with Gasteiger partial charge in [-0.2, -0.15) is 0 Å². The molecule has 0 N–H and O–H groups in total. The fourth-order valence-corrected chi connectivity index (χ4v) is 2.35. The van der Waals surface area contributed by atoms with Crippen molar-refractivity contribution in [3.8, 4) is 0 Å². The van der Waals surface area contributed by atoms with Crippen LogP contribution in [0.2, 0.25) is 0 Å². The van der Waals surface area contributed by atoms with Crippen molar-refractivity contribution in [3.05, 3.63) is 35.9 Å². The van der Waals surface area contributed by atoms with E-state index in [0.717, 1.165) is 0 Å². The molecule has 0 radical (unpaired) electrons. The molecule has 1 aromatic carbocycles. The van der Waals surface area contributed by atoms with Crippen molar-refractivity contribution in [2.24, 2.45) is 5.92 Å². The van der Waals surface area contributed by atoms with Gasteiger partial charge in [0, 0.05) is 12.3 Å². The molecule has 1 saturated carbocycles. The summed E-state index contributed by atoms with van der Waals surface area (Å²) in [7, 11) is 0. The number of Topliss-reactive ketones (excluding diaryl/α,β-unsaturated/α-hetero) is 1. The van der Waals surface area contributed by atoms with E-state index in [1.165, 1.54) is 0 Å². The summed E-state index contributed by atoms with van der Waals surface area (Å²) in [5.41, 5.74) is 0.505. The molecule has 18 heavy (non-hydrogen) atoms. The Balaban J connectivity index is 1.77. The molecular formula is C13H12Cl2O3. The molecule has 0 amide bonds. The van der Waals surface area contributed by atoms with E-state index in [2.05, 4.69) is 0 Å². The first-order valence-corrected chi connectivity index (χ1v) is 6.40. The summed E-state index contributed by atoms with van der Waals surface area (Å²) in [6.07, 6.45) is 0.854. The van der Waals surface area contributed by atoms with Crippen molar-refractivity contribution < 1.29 is 14.3 Å². The Morgan fingerprint density at radius 3 is 2.56 bits per heavy atom. The van der Waals surface area contributed by atoms with Crippen LogP contribution in [0.1, 0.15) is 23.2 Å². The van der Waals surface area contributed by atoms with E-state index in [1.54, 1.807) is 24.3 Å². The van der Waals surface area contributed by atoms with Crippen molar-refractivity contribution in [2.75, 3.05) is 6.61 Å². The van der Waals surface area contributed by atoms with E-state index in [-0.39, 0.29) is 24.3 Å². The highest BCUT2D eigenvalue weighted by Crippen LogP contribution is 2.46. The van der Waals surface area contributed by atoms with Crippen LogP contribution in [0.15, 0.2) is 30.3 Å². The van der Waals surface area contributed by atoms with Gasteiger partial charge in [-0.15, -0.1) is 0 Å². The minimum atomic E-state index is -1.29. The lowest BCUT2D eigenvalue weighted by atomic mass is 9.80. The van der Waals surface area contributed by atoms with Crippen molar-refractivity contribution in [1.29, 1.82) is 0 Å². The third kappa shape index (κ3) is 2.68. The number of carbonyl (C=O) groups is 2. The number of ether oxygens (including phenoxy) is 1. The van der Waals surface area contributed by atoms with Crippen LogP contribution >= 0.6 is 23.2 Å². The maximum absolute atomic E-state index is 11.6. The Morgan fingerprint density at radius 1 is 1.33 bits per heavy atom. The molecule has 1 aromatic rings. The summed E-state index contributed by atoms with van der Waals surface area (Å²) in [5, 5.41) is 0. The molecule has 5 heteroatoms. The van der Waals surface area contributed by atoms with Crippen molar-refractivity contribution in [1.82, 2.24) is 0 Å². The number of ketones is 1. The summed E-state index contributed by atoms with van der Waals surface area (Å²) in [6.45, 7) is 0.215. The molecule has 1 aliphatic carbocycles. The highest BCUT2D eigenvalue weighted by atomic mass is 35.5. The molecule has 3 nitrogen and oxygen atoms in total. The second-order valence-electron chi connectivity index (χ2n) is 4.24. The Labute approximate surface area is 115 Å². The van der Waals surface area contributed by atoms with Gasteiger partial charge in [0.1, 0.15) is 0 Å². The molecule has 1 atom stereocenters. The molecule has 0 spiro atoms. The zero-order valence-electron chi connectivity index (χ0n) is 9.57. The van der Waals surface area contributed by atoms with E-state index < -0.39 is 4.33 Å². The van der Waals surface area contributed by atoms with Gasteiger partial charge in [-0.1, -0.05) is 41.4 Å². The first kappa shape index (κ1) is 13.4. The third-order valence-electron chi connectivity index (χ3n) is 3.03. The van der Waals surface area contributed by atoms with Gasteiger partial charge in [0.25, 0.3) is 0 Å². The molecule has 0 saturated heterocycles. The van der Waals surface area contributed by atoms with Crippen LogP contribution < -0.4 is 0 Å². The van der Waals surface area contributed by atoms with Gasteiger partial charge >= 0.3 is 5.97 Å². The van der Waals surface area contributed by atoms with Gasteiger partial charge in [0.2, 0.25) is 0 Å². The van der Waals surface area contributed by atoms with Crippen LogP contribution in [0.3, 0.4) is 0 Å². The van der Waals surface area contributed by atoms with Crippen LogP contribution in [0.4, 0.5) is 0 Å². The molecule has 0 heterocycles. The first-order valence-electron chi connectivity index (χ1n) is 5.65. The van der Waals surface area contributed by atoms with Gasteiger partial charge in [0.15, 0.2) is 10.1 Å². The number of carbonyl (C=O) groups excluding carboxylic acids is 2. The predicted molar refractivity (Wildman–Crippen MR) is 68.9 cm³/mol. The normalized spacial score (nSPS) is 21.2. The number of esters is 1. The zero-order valence-corrected chi connectivity index (χ0v) is 11.1. The fraction of sp³-hybridized carbons (Fsp3) is 0.385. The first-order chi connectivity index (χ1) is 8.51. The number of hydrogen-bond donors (Lipinski definition) is 0. The summed E-state index contributed by atoms with van der Waals surface area (Å²) in [4.78, 5) is 22.7. The van der Waals surface area contributed by atoms with Crippen LogP contribution in [-0.4, -0.2) is 22.7 Å². The van der Waals surface area contributed by atoms with E-state index in [9.17, 15) is 9.59 Å². The Bertz CT molecular complexity index is 457. The highest BCUT2D eigenvalue weighted by Gasteiger charge is 2.51. The largest absolute Gasteiger partial charge is 0.462 e. The SMILES string of the molecule is O=C(OCC[C@@H]1CC(=O)C1(Cl)Cl)c1ccccc1. The lowest BCUT2D eigenvalue weighted by molar-refractivity contribution is -0.128. The third-order valence-corrected chi connectivity index (χ3v) is 4.06. The second kappa shape index (κ2) is 5.29. The van der Waals surface area contributed by atoms with Crippen molar-refractivity contribution in [2.45, 2.75) is 17.2 Å². The molecule has 2 rings (SSSR count). The molecule has 96 valence electrons. The Hall–Kier alpha value is -1.06. The minimum Gasteiger partial charge on any atom is -0.462 e. The second-order valence-corrected chi connectivity index (χ2v) is 5.62. The van der Waals surface area contributed by atoms with Crippen LogP contribution in [0, 0.1) is 5.92 Å². The van der Waals surface area contributed by atoms with Crippen molar-refractivity contribution in [3.63, 3.8) is 0 Å². The van der Waals surface area contributed by atoms with Gasteiger partial charge in [-0.25, -0.2) is 4.79 Å². The lowest BCUT2D eigenvalue weighted by Crippen LogP contribution is -2.47. The number of benzene rings is 1. The lowest BCUT2D eigenvalue weighted by Gasteiger charge is -2.37. The summed E-state index contributed by atoms with van der Waals surface area (Å²) < 4.78 is 3.80. The standard InChI is InChI=1S/C13H12Cl2O3/c14-13(15)10(8-11(13)16)6-7-18-12(17)9-4-2-1-3-5-9/h1-5,10H,6-8H2/t10-/m1/s1. The molecule has 0 aromatic heterocycles. The topological polar surface area (TPSA) is 43.4 Å². The molecular weight excluding hydrogens is 275 g/mol. The van der Waals surface area contributed by atoms with Gasteiger partial charge < -0.3 is 4.74 Å². The smallest absolute Gasteiger partial charge is 0.338 e. The Kier molecular flexibility index (Phi) is 3.93. The minimum absolute atomic E-state index is 0.128. The summed E-state index contributed by atoms with van der Waals surface area (Å²) in [6, 6.07) is 8.73. The number of halogens is 2. The van der Waals surface area contributed by atoms with Crippen LogP contribution in [-0.2, 0) is 9.53 Å².